The van der Waals surface area contributed by atoms with Crippen molar-refractivity contribution < 1.29 is 9.53 Å². The molecule has 1 heterocycles. The molecule has 1 fully saturated rings. The second-order valence-corrected chi connectivity index (χ2v) is 3.55. The van der Waals surface area contributed by atoms with Gasteiger partial charge in [-0.3, -0.25) is 4.79 Å². The second kappa shape index (κ2) is 3.79. The second-order valence-electron chi connectivity index (χ2n) is 3.55. The number of amides is 1. The van der Waals surface area contributed by atoms with Gasteiger partial charge in [-0.05, 0) is 20.3 Å². The fourth-order valence-electron chi connectivity index (χ4n) is 1.37. The Labute approximate surface area is 78.1 Å². The molecule has 74 valence electrons. The Morgan fingerprint density at radius 2 is 2.38 bits per heavy atom. The third kappa shape index (κ3) is 2.45. The minimum atomic E-state index is -0.421. The Bertz CT molecular complexity index is 230. The van der Waals surface area contributed by atoms with Crippen molar-refractivity contribution in [2.45, 2.75) is 25.8 Å². The van der Waals surface area contributed by atoms with E-state index in [0.717, 1.165) is 13.0 Å². The number of carbonyl (C=O) groups is 1. The zero-order valence-electron chi connectivity index (χ0n) is 8.09. The van der Waals surface area contributed by atoms with Crippen LogP contribution < -0.4 is 11.1 Å². The van der Waals surface area contributed by atoms with Gasteiger partial charge in [-0.25, -0.2) is 0 Å². The normalized spacial score (nSPS) is 28.9. The highest BCUT2D eigenvalue weighted by Crippen LogP contribution is 2.18. The van der Waals surface area contributed by atoms with Crippen LogP contribution >= 0.6 is 0 Å². The fraction of sp³-hybridized carbons (Fsp3) is 0.667. The molecule has 0 aromatic heterocycles. The van der Waals surface area contributed by atoms with Gasteiger partial charge < -0.3 is 15.8 Å². The molecular formula is C9H16N2O2. The van der Waals surface area contributed by atoms with E-state index >= 15 is 0 Å². The Morgan fingerprint density at radius 1 is 1.69 bits per heavy atom. The van der Waals surface area contributed by atoms with E-state index < -0.39 is 5.91 Å². The molecule has 1 unspecified atom stereocenters. The predicted octanol–water partition coefficient (Wildman–Crippen LogP) is 0.144. The first-order valence-electron chi connectivity index (χ1n) is 4.39. The molecule has 13 heavy (non-hydrogen) atoms. The lowest BCUT2D eigenvalue weighted by atomic mass is 10.0. The van der Waals surface area contributed by atoms with E-state index in [4.69, 9.17) is 10.5 Å². The van der Waals surface area contributed by atoms with Gasteiger partial charge in [0.1, 0.15) is 0 Å². The summed E-state index contributed by atoms with van der Waals surface area (Å²) in [5, 5.41) is 3.10. The summed E-state index contributed by atoms with van der Waals surface area (Å²) in [6, 6.07) is 0. The maximum absolute atomic E-state index is 10.9. The van der Waals surface area contributed by atoms with Crippen LogP contribution in [0.15, 0.2) is 11.8 Å². The fourth-order valence-corrected chi connectivity index (χ4v) is 1.37. The predicted molar refractivity (Wildman–Crippen MR) is 49.9 cm³/mol. The average Bonchev–Trinajstić information content (AvgIpc) is 2.48. The lowest BCUT2D eigenvalue weighted by molar-refractivity contribution is -0.115. The maximum atomic E-state index is 10.9. The van der Waals surface area contributed by atoms with Gasteiger partial charge in [-0.15, -0.1) is 0 Å². The molecule has 1 rings (SSSR count). The Kier molecular flexibility index (Phi) is 2.93. The summed E-state index contributed by atoms with van der Waals surface area (Å²) in [5.41, 5.74) is 5.50. The minimum Gasteiger partial charge on any atom is -0.379 e. The molecule has 3 N–H and O–H groups in total. The molecule has 1 atom stereocenters. The van der Waals surface area contributed by atoms with Gasteiger partial charge in [0.15, 0.2) is 0 Å². The molecule has 4 nitrogen and oxygen atoms in total. The van der Waals surface area contributed by atoms with Crippen LogP contribution in [-0.2, 0) is 9.53 Å². The lowest BCUT2D eigenvalue weighted by Crippen LogP contribution is -2.45. The molecule has 1 aliphatic heterocycles. The number of rotatable bonds is 3. The average molecular weight is 184 g/mol. The van der Waals surface area contributed by atoms with Crippen molar-refractivity contribution in [2.75, 3.05) is 13.2 Å². The highest BCUT2D eigenvalue weighted by atomic mass is 16.5. The van der Waals surface area contributed by atoms with Crippen LogP contribution in [0.5, 0.6) is 0 Å². The van der Waals surface area contributed by atoms with E-state index in [9.17, 15) is 4.79 Å². The summed E-state index contributed by atoms with van der Waals surface area (Å²) in [6.07, 6.45) is 2.59. The Balaban J connectivity index is 2.60. The van der Waals surface area contributed by atoms with Crippen molar-refractivity contribution >= 4 is 5.91 Å². The molecule has 0 saturated carbocycles. The van der Waals surface area contributed by atoms with Crippen molar-refractivity contribution in [1.29, 1.82) is 0 Å². The van der Waals surface area contributed by atoms with Crippen LogP contribution in [0.2, 0.25) is 0 Å². The van der Waals surface area contributed by atoms with E-state index in [1.165, 1.54) is 0 Å². The molecular weight excluding hydrogens is 168 g/mol. The van der Waals surface area contributed by atoms with Crippen molar-refractivity contribution in [3.05, 3.63) is 11.8 Å². The maximum Gasteiger partial charge on any atom is 0.264 e. The first kappa shape index (κ1) is 10.1. The van der Waals surface area contributed by atoms with Gasteiger partial charge in [0.2, 0.25) is 0 Å². The standard InChI is InChI=1S/C9H16N2O2/c1-3-7(8(10)12)11-9(2)4-5-13-6-9/h3,11H,4-6H2,1-2H3,(H2,10,12). The molecule has 0 bridgehead atoms. The topological polar surface area (TPSA) is 64.3 Å². The number of ether oxygens (including phenoxy) is 1. The number of carbonyl (C=O) groups excluding carboxylic acids is 1. The van der Waals surface area contributed by atoms with E-state index in [-0.39, 0.29) is 5.54 Å². The Hall–Kier alpha value is -1.03. The van der Waals surface area contributed by atoms with Crippen LogP contribution in [0, 0.1) is 0 Å². The van der Waals surface area contributed by atoms with Crippen LogP contribution in [0.1, 0.15) is 20.3 Å². The number of nitrogens with two attached hydrogens (primary N) is 1. The first-order valence-corrected chi connectivity index (χ1v) is 4.39. The third-order valence-corrected chi connectivity index (χ3v) is 2.21. The van der Waals surface area contributed by atoms with Crippen LogP contribution in [0.4, 0.5) is 0 Å². The molecule has 1 saturated heterocycles. The summed E-state index contributed by atoms with van der Waals surface area (Å²) >= 11 is 0. The summed E-state index contributed by atoms with van der Waals surface area (Å²) < 4.78 is 5.24. The zero-order valence-corrected chi connectivity index (χ0v) is 8.09. The van der Waals surface area contributed by atoms with Crippen LogP contribution in [0.25, 0.3) is 0 Å². The smallest absolute Gasteiger partial charge is 0.264 e. The van der Waals surface area contributed by atoms with E-state index in [1.54, 1.807) is 13.0 Å². The number of nitrogens with one attached hydrogen (secondary N) is 1. The van der Waals surface area contributed by atoms with Gasteiger partial charge in [0, 0.05) is 6.61 Å². The van der Waals surface area contributed by atoms with E-state index in [1.807, 2.05) is 6.92 Å². The van der Waals surface area contributed by atoms with Crippen molar-refractivity contribution in [1.82, 2.24) is 5.32 Å². The van der Waals surface area contributed by atoms with E-state index in [0.29, 0.717) is 12.3 Å². The molecule has 1 aliphatic rings. The summed E-state index contributed by atoms with van der Waals surface area (Å²) in [6.45, 7) is 5.16. The van der Waals surface area contributed by atoms with Gasteiger partial charge in [-0.1, -0.05) is 6.08 Å². The molecule has 0 aliphatic carbocycles. The number of hydrogen-bond donors (Lipinski definition) is 2. The highest BCUT2D eigenvalue weighted by molar-refractivity contribution is 5.91. The number of hydrogen-bond acceptors (Lipinski definition) is 3. The van der Waals surface area contributed by atoms with E-state index in [2.05, 4.69) is 5.32 Å². The quantitative estimate of drug-likeness (QED) is 0.613. The number of allylic oxidation sites excluding steroid dienone is 1. The van der Waals surface area contributed by atoms with Crippen molar-refractivity contribution in [3.8, 4) is 0 Å². The van der Waals surface area contributed by atoms with Crippen molar-refractivity contribution in [3.63, 3.8) is 0 Å². The summed E-state index contributed by atoms with van der Waals surface area (Å²) in [4.78, 5) is 10.9. The molecule has 0 radical (unpaired) electrons. The monoisotopic (exact) mass is 184 g/mol. The molecule has 0 spiro atoms. The zero-order chi connectivity index (χ0) is 9.90. The lowest BCUT2D eigenvalue weighted by Gasteiger charge is -2.25. The summed E-state index contributed by atoms with van der Waals surface area (Å²) in [7, 11) is 0. The molecule has 0 aromatic carbocycles. The van der Waals surface area contributed by atoms with Gasteiger partial charge in [0.25, 0.3) is 5.91 Å². The first-order chi connectivity index (χ1) is 6.07. The summed E-state index contributed by atoms with van der Waals surface area (Å²) in [5.74, 6) is -0.421. The SMILES string of the molecule is CC=C(NC1(C)CCOC1)C(N)=O. The van der Waals surface area contributed by atoms with Crippen LogP contribution in [0.3, 0.4) is 0 Å². The van der Waals surface area contributed by atoms with Crippen molar-refractivity contribution in [2.24, 2.45) is 5.73 Å². The van der Waals surface area contributed by atoms with Gasteiger partial charge in [-0.2, -0.15) is 0 Å². The minimum absolute atomic E-state index is 0.142. The highest BCUT2D eigenvalue weighted by Gasteiger charge is 2.30. The molecule has 1 amide bonds. The Morgan fingerprint density at radius 3 is 2.77 bits per heavy atom. The van der Waals surface area contributed by atoms with Crippen LogP contribution in [-0.4, -0.2) is 24.7 Å². The largest absolute Gasteiger partial charge is 0.379 e. The third-order valence-electron chi connectivity index (χ3n) is 2.21. The van der Waals surface area contributed by atoms with Gasteiger partial charge >= 0.3 is 0 Å². The molecule has 0 aromatic rings. The molecule has 4 heteroatoms. The van der Waals surface area contributed by atoms with Gasteiger partial charge in [0.05, 0.1) is 17.8 Å². The number of primary amides is 1.